The van der Waals surface area contributed by atoms with Crippen molar-refractivity contribution in [1.29, 1.82) is 0 Å². The fraction of sp³-hybridized carbons (Fsp3) is 0.300. The molecule has 6 heteroatoms. The quantitative estimate of drug-likeness (QED) is 0.707. The Balaban J connectivity index is 2.40. The van der Waals surface area contributed by atoms with Gasteiger partial charge in [-0.3, -0.25) is 9.59 Å². The molecule has 2 aromatic carbocycles. The van der Waals surface area contributed by atoms with Crippen LogP contribution in [0, 0.1) is 6.92 Å². The van der Waals surface area contributed by atoms with Gasteiger partial charge in [0.05, 0.1) is 27.2 Å². The lowest BCUT2D eigenvalue weighted by Crippen LogP contribution is -2.23. The number of aryl methyl sites for hydroxylation is 1. The molecule has 0 saturated carbocycles. The molecule has 0 bridgehead atoms. The summed E-state index contributed by atoms with van der Waals surface area (Å²) in [4.78, 5) is 22.3. The lowest BCUT2D eigenvalue weighted by Gasteiger charge is -2.15. The molecular weight excluding hydrogens is 334 g/mol. The van der Waals surface area contributed by atoms with Crippen LogP contribution in [0.25, 0.3) is 11.1 Å². The van der Waals surface area contributed by atoms with Gasteiger partial charge in [-0.15, -0.1) is 0 Å². The van der Waals surface area contributed by atoms with Crippen LogP contribution in [-0.4, -0.2) is 37.8 Å². The van der Waals surface area contributed by atoms with Crippen LogP contribution in [0.4, 0.5) is 0 Å². The highest BCUT2D eigenvalue weighted by molar-refractivity contribution is 5.77. The summed E-state index contributed by atoms with van der Waals surface area (Å²) < 4.78 is 10.1. The Labute approximate surface area is 152 Å². The van der Waals surface area contributed by atoms with E-state index in [0.29, 0.717) is 17.9 Å². The van der Waals surface area contributed by atoms with Gasteiger partial charge in [-0.25, -0.2) is 0 Å². The second-order valence-electron chi connectivity index (χ2n) is 5.95. The second kappa shape index (κ2) is 9.01. The van der Waals surface area contributed by atoms with E-state index in [1.165, 1.54) is 7.11 Å². The Hall–Kier alpha value is -2.86. The summed E-state index contributed by atoms with van der Waals surface area (Å²) in [6.45, 7) is 2.57. The molecule has 0 amide bonds. The van der Waals surface area contributed by atoms with Crippen molar-refractivity contribution in [2.75, 3.05) is 20.8 Å². The number of benzene rings is 2. The van der Waals surface area contributed by atoms with Crippen LogP contribution < -0.4 is 10.1 Å². The van der Waals surface area contributed by atoms with Crippen LogP contribution >= 0.6 is 0 Å². The number of esters is 1. The SMILES string of the molecule is COC(=O)CNCc1cc(C)ccc1-c1cc(CC(=O)O)ccc1OC. The predicted octanol–water partition coefficient (Wildman–Crippen LogP) is 2.56. The standard InChI is InChI=1S/C20H23NO5/c1-13-4-6-16(15(8-13)11-21-12-20(24)26-3)17-9-14(10-19(22)23)5-7-18(17)25-2/h4-9,21H,10-12H2,1-3H3,(H,22,23). The molecular formula is C20H23NO5. The van der Waals surface area contributed by atoms with Gasteiger partial charge in [-0.1, -0.05) is 29.8 Å². The smallest absolute Gasteiger partial charge is 0.319 e. The van der Waals surface area contributed by atoms with Gasteiger partial charge in [0.15, 0.2) is 0 Å². The fourth-order valence-electron chi connectivity index (χ4n) is 2.75. The molecule has 0 saturated heterocycles. The van der Waals surface area contributed by atoms with Crippen LogP contribution in [0.3, 0.4) is 0 Å². The van der Waals surface area contributed by atoms with Crippen molar-refractivity contribution in [3.8, 4) is 16.9 Å². The Morgan fingerprint density at radius 2 is 1.85 bits per heavy atom. The molecule has 6 nitrogen and oxygen atoms in total. The third-order valence-corrected chi connectivity index (χ3v) is 3.98. The van der Waals surface area contributed by atoms with Gasteiger partial charge in [-0.05, 0) is 35.7 Å². The third kappa shape index (κ3) is 5.07. The molecule has 0 aromatic heterocycles. The minimum atomic E-state index is -0.884. The second-order valence-corrected chi connectivity index (χ2v) is 5.95. The molecule has 0 fully saturated rings. The van der Waals surface area contributed by atoms with E-state index >= 15 is 0 Å². The first kappa shape index (κ1) is 19.5. The first-order valence-electron chi connectivity index (χ1n) is 8.20. The summed E-state index contributed by atoms with van der Waals surface area (Å²) in [7, 11) is 2.93. The summed E-state index contributed by atoms with van der Waals surface area (Å²) in [6, 6.07) is 11.4. The first-order chi connectivity index (χ1) is 12.4. The molecule has 0 unspecified atom stereocenters. The maximum absolute atomic E-state index is 11.3. The molecule has 26 heavy (non-hydrogen) atoms. The topological polar surface area (TPSA) is 84.9 Å². The molecule has 138 valence electrons. The van der Waals surface area contributed by atoms with Crippen molar-refractivity contribution < 1.29 is 24.2 Å². The van der Waals surface area contributed by atoms with Crippen molar-refractivity contribution in [3.05, 3.63) is 53.1 Å². The summed E-state index contributed by atoms with van der Waals surface area (Å²) >= 11 is 0. The normalized spacial score (nSPS) is 10.4. The van der Waals surface area contributed by atoms with Crippen molar-refractivity contribution in [2.24, 2.45) is 0 Å². The summed E-state index contributed by atoms with van der Waals surface area (Å²) in [5, 5.41) is 12.1. The number of carboxylic acids is 1. The molecule has 2 rings (SSSR count). The zero-order valence-corrected chi connectivity index (χ0v) is 15.2. The number of carbonyl (C=O) groups excluding carboxylic acids is 1. The highest BCUT2D eigenvalue weighted by Gasteiger charge is 2.13. The number of methoxy groups -OCH3 is 2. The van der Waals surface area contributed by atoms with Gasteiger partial charge in [0.1, 0.15) is 5.75 Å². The Morgan fingerprint density at radius 1 is 1.08 bits per heavy atom. The summed E-state index contributed by atoms with van der Waals surface area (Å²) in [6.07, 6.45) is -0.0568. The van der Waals surface area contributed by atoms with Gasteiger partial charge >= 0.3 is 11.9 Å². The van der Waals surface area contributed by atoms with E-state index in [1.54, 1.807) is 19.2 Å². The number of carbonyl (C=O) groups is 2. The molecule has 0 spiro atoms. The Kier molecular flexibility index (Phi) is 6.74. The number of nitrogens with one attached hydrogen (secondary N) is 1. The lowest BCUT2D eigenvalue weighted by atomic mass is 9.95. The Morgan fingerprint density at radius 3 is 2.50 bits per heavy atom. The Bertz CT molecular complexity index is 801. The van der Waals surface area contributed by atoms with E-state index in [1.807, 2.05) is 31.2 Å². The van der Waals surface area contributed by atoms with Crippen molar-refractivity contribution in [3.63, 3.8) is 0 Å². The first-order valence-corrected chi connectivity index (χ1v) is 8.20. The number of rotatable bonds is 8. The van der Waals surface area contributed by atoms with Crippen LogP contribution in [0.1, 0.15) is 16.7 Å². The summed E-state index contributed by atoms with van der Waals surface area (Å²) in [5.74, 6) is -0.553. The molecule has 0 aliphatic rings. The third-order valence-electron chi connectivity index (χ3n) is 3.98. The fourth-order valence-corrected chi connectivity index (χ4v) is 2.75. The molecule has 2 aromatic rings. The van der Waals surface area contributed by atoms with E-state index in [0.717, 1.165) is 22.3 Å². The van der Waals surface area contributed by atoms with Crippen LogP contribution in [0.15, 0.2) is 36.4 Å². The van der Waals surface area contributed by atoms with Crippen LogP contribution in [0.5, 0.6) is 5.75 Å². The molecule has 0 atom stereocenters. The largest absolute Gasteiger partial charge is 0.496 e. The van der Waals surface area contributed by atoms with E-state index < -0.39 is 5.97 Å². The van der Waals surface area contributed by atoms with E-state index in [9.17, 15) is 9.59 Å². The van der Waals surface area contributed by atoms with Crippen LogP contribution in [0.2, 0.25) is 0 Å². The van der Waals surface area contributed by atoms with E-state index in [4.69, 9.17) is 9.84 Å². The average molecular weight is 357 g/mol. The van der Waals surface area contributed by atoms with Gasteiger partial charge in [0, 0.05) is 12.1 Å². The van der Waals surface area contributed by atoms with Gasteiger partial charge in [0.25, 0.3) is 0 Å². The van der Waals surface area contributed by atoms with Crippen molar-refractivity contribution in [2.45, 2.75) is 19.9 Å². The predicted molar refractivity (Wildman–Crippen MR) is 98.2 cm³/mol. The van der Waals surface area contributed by atoms with E-state index in [2.05, 4.69) is 10.1 Å². The highest BCUT2D eigenvalue weighted by Crippen LogP contribution is 2.34. The zero-order valence-electron chi connectivity index (χ0n) is 15.2. The minimum Gasteiger partial charge on any atom is -0.496 e. The van der Waals surface area contributed by atoms with Gasteiger partial charge < -0.3 is 19.9 Å². The lowest BCUT2D eigenvalue weighted by molar-refractivity contribution is -0.139. The number of carboxylic acid groups (broad SMARTS) is 1. The molecule has 0 aliphatic heterocycles. The molecule has 0 radical (unpaired) electrons. The maximum Gasteiger partial charge on any atom is 0.319 e. The van der Waals surface area contributed by atoms with Crippen molar-refractivity contribution >= 4 is 11.9 Å². The highest BCUT2D eigenvalue weighted by atomic mass is 16.5. The average Bonchev–Trinajstić information content (AvgIpc) is 2.61. The number of ether oxygens (including phenoxy) is 2. The van der Waals surface area contributed by atoms with Crippen molar-refractivity contribution in [1.82, 2.24) is 5.32 Å². The van der Waals surface area contributed by atoms with E-state index in [-0.39, 0.29) is 18.9 Å². The van der Waals surface area contributed by atoms with Gasteiger partial charge in [-0.2, -0.15) is 0 Å². The zero-order chi connectivity index (χ0) is 19.1. The van der Waals surface area contributed by atoms with Gasteiger partial charge in [0.2, 0.25) is 0 Å². The molecule has 0 aliphatic carbocycles. The minimum absolute atomic E-state index is 0.0568. The van der Waals surface area contributed by atoms with Crippen LogP contribution in [-0.2, 0) is 27.3 Å². The number of hydrogen-bond donors (Lipinski definition) is 2. The monoisotopic (exact) mass is 357 g/mol. The summed E-state index contributed by atoms with van der Waals surface area (Å²) in [5.41, 5.74) is 4.52. The number of hydrogen-bond acceptors (Lipinski definition) is 5. The number of aliphatic carboxylic acids is 1. The molecule has 0 heterocycles. The maximum atomic E-state index is 11.3. The molecule has 2 N–H and O–H groups in total.